The lowest BCUT2D eigenvalue weighted by Crippen LogP contribution is -2.26. The first-order valence-electron chi connectivity index (χ1n) is 5.73. The van der Waals surface area contributed by atoms with Crippen LogP contribution in [0.1, 0.15) is 24.3 Å². The normalized spacial score (nSPS) is 13.4. The van der Waals surface area contributed by atoms with Gasteiger partial charge in [0, 0.05) is 5.33 Å². The molecular weight excluding hydrogens is 330 g/mol. The zero-order valence-corrected chi connectivity index (χ0v) is 12.7. The third-order valence-corrected chi connectivity index (χ3v) is 4.89. The van der Waals surface area contributed by atoms with Crippen molar-refractivity contribution in [3.05, 3.63) is 54.0 Å². The van der Waals surface area contributed by atoms with Crippen molar-refractivity contribution in [2.45, 2.75) is 23.2 Å². The molecule has 0 aliphatic carbocycles. The van der Waals surface area contributed by atoms with E-state index in [2.05, 4.69) is 20.7 Å². The first kappa shape index (κ1) is 14.3. The summed E-state index contributed by atoms with van der Waals surface area (Å²) in [7, 11) is -3.54. The maximum atomic E-state index is 12.2. The SMILES string of the molecule is CC(NS(=O)(=O)c1ccc(CBr)cc1)c1ccco1. The van der Waals surface area contributed by atoms with Gasteiger partial charge < -0.3 is 4.42 Å². The fourth-order valence-electron chi connectivity index (χ4n) is 1.65. The summed E-state index contributed by atoms with van der Waals surface area (Å²) in [4.78, 5) is 0.246. The van der Waals surface area contributed by atoms with Gasteiger partial charge in [0.15, 0.2) is 0 Å². The van der Waals surface area contributed by atoms with Gasteiger partial charge in [-0.1, -0.05) is 28.1 Å². The van der Waals surface area contributed by atoms with Crippen molar-refractivity contribution < 1.29 is 12.8 Å². The molecule has 0 aliphatic heterocycles. The number of rotatable bonds is 5. The Morgan fingerprint density at radius 3 is 2.47 bits per heavy atom. The highest BCUT2D eigenvalue weighted by Crippen LogP contribution is 2.18. The number of halogens is 1. The minimum Gasteiger partial charge on any atom is -0.468 e. The second-order valence-electron chi connectivity index (χ2n) is 4.14. The molecule has 1 aromatic heterocycles. The summed E-state index contributed by atoms with van der Waals surface area (Å²) in [6.07, 6.45) is 1.52. The summed E-state index contributed by atoms with van der Waals surface area (Å²) in [5, 5.41) is 0.698. The smallest absolute Gasteiger partial charge is 0.241 e. The first-order valence-corrected chi connectivity index (χ1v) is 8.34. The molecule has 4 nitrogen and oxygen atoms in total. The molecule has 0 aliphatic rings. The van der Waals surface area contributed by atoms with Crippen LogP contribution in [-0.4, -0.2) is 8.42 Å². The van der Waals surface area contributed by atoms with E-state index in [1.54, 1.807) is 43.3 Å². The van der Waals surface area contributed by atoms with Crippen LogP contribution in [0.15, 0.2) is 52.0 Å². The van der Waals surface area contributed by atoms with E-state index in [-0.39, 0.29) is 4.90 Å². The predicted octanol–water partition coefficient (Wildman–Crippen LogP) is 3.21. The summed E-state index contributed by atoms with van der Waals surface area (Å²) in [5.74, 6) is 0.584. The molecular formula is C13H14BrNO3S. The van der Waals surface area contributed by atoms with Gasteiger partial charge >= 0.3 is 0 Å². The molecule has 0 fully saturated rings. The first-order chi connectivity index (χ1) is 9.03. The highest BCUT2D eigenvalue weighted by Gasteiger charge is 2.19. The zero-order chi connectivity index (χ0) is 13.9. The van der Waals surface area contributed by atoms with E-state index in [0.717, 1.165) is 5.56 Å². The van der Waals surface area contributed by atoms with Crippen molar-refractivity contribution in [1.82, 2.24) is 4.72 Å². The Labute approximate surface area is 121 Å². The maximum Gasteiger partial charge on any atom is 0.241 e. The molecule has 2 rings (SSSR count). The number of hydrogen-bond acceptors (Lipinski definition) is 3. The number of furan rings is 1. The largest absolute Gasteiger partial charge is 0.468 e. The number of benzene rings is 1. The molecule has 0 saturated carbocycles. The molecule has 0 amide bonds. The van der Waals surface area contributed by atoms with Crippen LogP contribution in [0.5, 0.6) is 0 Å². The van der Waals surface area contributed by atoms with E-state index in [4.69, 9.17) is 4.42 Å². The van der Waals surface area contributed by atoms with E-state index >= 15 is 0 Å². The molecule has 102 valence electrons. The lowest BCUT2D eigenvalue weighted by molar-refractivity contribution is 0.459. The molecule has 2 aromatic rings. The Morgan fingerprint density at radius 1 is 1.26 bits per heavy atom. The van der Waals surface area contributed by atoms with Crippen molar-refractivity contribution in [1.29, 1.82) is 0 Å². The summed E-state index contributed by atoms with van der Waals surface area (Å²) < 4.78 is 32.1. The van der Waals surface area contributed by atoms with E-state index in [1.165, 1.54) is 6.26 Å². The second kappa shape index (κ2) is 5.90. The molecule has 0 saturated heterocycles. The lowest BCUT2D eigenvalue weighted by atomic mass is 10.2. The van der Waals surface area contributed by atoms with Gasteiger partial charge in [-0.15, -0.1) is 0 Å². The van der Waals surface area contributed by atoms with Gasteiger partial charge in [-0.25, -0.2) is 13.1 Å². The molecule has 0 radical (unpaired) electrons. The molecule has 1 unspecified atom stereocenters. The van der Waals surface area contributed by atoms with Crippen LogP contribution < -0.4 is 4.72 Å². The fourth-order valence-corrected chi connectivity index (χ4v) is 3.24. The van der Waals surface area contributed by atoms with Gasteiger partial charge in [0.1, 0.15) is 5.76 Å². The molecule has 6 heteroatoms. The number of hydrogen-bond donors (Lipinski definition) is 1. The zero-order valence-electron chi connectivity index (χ0n) is 10.3. The van der Waals surface area contributed by atoms with Crippen molar-refractivity contribution in [2.24, 2.45) is 0 Å². The number of sulfonamides is 1. The Hall–Kier alpha value is -1.11. The molecule has 1 N–H and O–H groups in total. The van der Waals surface area contributed by atoms with E-state index < -0.39 is 16.1 Å². The highest BCUT2D eigenvalue weighted by molar-refractivity contribution is 9.08. The van der Waals surface area contributed by atoms with Gasteiger partial charge in [-0.3, -0.25) is 0 Å². The molecule has 0 spiro atoms. The van der Waals surface area contributed by atoms with E-state index in [0.29, 0.717) is 11.1 Å². The molecule has 1 heterocycles. The molecule has 19 heavy (non-hydrogen) atoms. The number of nitrogens with one attached hydrogen (secondary N) is 1. The minimum atomic E-state index is -3.54. The molecule has 0 bridgehead atoms. The van der Waals surface area contributed by atoms with Gasteiger partial charge in [-0.05, 0) is 36.8 Å². The summed E-state index contributed by atoms with van der Waals surface area (Å²) in [5.41, 5.74) is 1.03. The predicted molar refractivity (Wildman–Crippen MR) is 76.5 cm³/mol. The Morgan fingerprint density at radius 2 is 1.95 bits per heavy atom. The van der Waals surface area contributed by atoms with Crippen molar-refractivity contribution in [2.75, 3.05) is 0 Å². The van der Waals surface area contributed by atoms with E-state index in [1.807, 2.05) is 0 Å². The van der Waals surface area contributed by atoms with Crippen LogP contribution in [0.4, 0.5) is 0 Å². The monoisotopic (exact) mass is 343 g/mol. The average molecular weight is 344 g/mol. The topological polar surface area (TPSA) is 59.3 Å². The van der Waals surface area contributed by atoms with Crippen LogP contribution in [0, 0.1) is 0 Å². The van der Waals surface area contributed by atoms with Crippen molar-refractivity contribution in [3.8, 4) is 0 Å². The molecule has 1 atom stereocenters. The van der Waals surface area contributed by atoms with Crippen molar-refractivity contribution >= 4 is 26.0 Å². The minimum absolute atomic E-state index is 0.246. The van der Waals surface area contributed by atoms with Crippen LogP contribution in [0.25, 0.3) is 0 Å². The Kier molecular flexibility index (Phi) is 4.44. The highest BCUT2D eigenvalue weighted by atomic mass is 79.9. The summed E-state index contributed by atoms with van der Waals surface area (Å²) >= 11 is 3.32. The lowest BCUT2D eigenvalue weighted by Gasteiger charge is -2.12. The second-order valence-corrected chi connectivity index (χ2v) is 6.41. The van der Waals surface area contributed by atoms with Crippen LogP contribution in [0.2, 0.25) is 0 Å². The van der Waals surface area contributed by atoms with E-state index in [9.17, 15) is 8.42 Å². The average Bonchev–Trinajstić information content (AvgIpc) is 2.92. The van der Waals surface area contributed by atoms with Gasteiger partial charge in [0.05, 0.1) is 17.2 Å². The Bertz CT molecular complexity index is 620. The van der Waals surface area contributed by atoms with Crippen LogP contribution in [0.3, 0.4) is 0 Å². The van der Waals surface area contributed by atoms with Gasteiger partial charge in [0.25, 0.3) is 0 Å². The van der Waals surface area contributed by atoms with Gasteiger partial charge in [0.2, 0.25) is 10.0 Å². The summed E-state index contributed by atoms with van der Waals surface area (Å²) in [6, 6.07) is 9.80. The van der Waals surface area contributed by atoms with Crippen LogP contribution >= 0.6 is 15.9 Å². The number of alkyl halides is 1. The third-order valence-electron chi connectivity index (χ3n) is 2.69. The standard InChI is InChI=1S/C13H14BrNO3S/c1-10(13-3-2-8-18-13)15-19(16,17)12-6-4-11(9-14)5-7-12/h2-8,10,15H,9H2,1H3. The maximum absolute atomic E-state index is 12.2. The molecule has 1 aromatic carbocycles. The third kappa shape index (κ3) is 3.46. The Balaban J connectivity index is 2.17. The van der Waals surface area contributed by atoms with Crippen LogP contribution in [-0.2, 0) is 15.4 Å². The quantitative estimate of drug-likeness (QED) is 0.848. The summed E-state index contributed by atoms with van der Waals surface area (Å²) in [6.45, 7) is 1.74. The van der Waals surface area contributed by atoms with Gasteiger partial charge in [-0.2, -0.15) is 0 Å². The van der Waals surface area contributed by atoms with Crippen molar-refractivity contribution in [3.63, 3.8) is 0 Å². The fraction of sp³-hybridized carbons (Fsp3) is 0.231.